The van der Waals surface area contributed by atoms with Crippen molar-refractivity contribution in [2.45, 2.75) is 33.4 Å². The first-order chi connectivity index (χ1) is 14.1. The highest BCUT2D eigenvalue weighted by Gasteiger charge is 2.17. The molecule has 0 aliphatic carbocycles. The van der Waals surface area contributed by atoms with Crippen LogP contribution in [-0.4, -0.2) is 21.9 Å². The molecule has 0 amide bonds. The van der Waals surface area contributed by atoms with Gasteiger partial charge < -0.3 is 14.5 Å². The maximum absolute atomic E-state index is 5.83. The van der Waals surface area contributed by atoms with Gasteiger partial charge in [0.15, 0.2) is 0 Å². The Bertz CT molecular complexity index is 1080. The van der Waals surface area contributed by atoms with Crippen LogP contribution in [-0.2, 0) is 6.54 Å². The fourth-order valence-electron chi connectivity index (χ4n) is 3.29. The van der Waals surface area contributed by atoms with Gasteiger partial charge in [-0.1, -0.05) is 6.07 Å². The second-order valence-electron chi connectivity index (χ2n) is 6.90. The quantitative estimate of drug-likeness (QED) is 0.463. The second-order valence-corrected chi connectivity index (χ2v) is 7.84. The number of benzene rings is 1. The third-order valence-corrected chi connectivity index (χ3v) is 5.89. The van der Waals surface area contributed by atoms with Crippen molar-refractivity contribution in [1.82, 2.24) is 20.1 Å². The Labute approximate surface area is 174 Å². The Kier molecular flexibility index (Phi) is 5.51. The van der Waals surface area contributed by atoms with Gasteiger partial charge in [-0.25, -0.2) is 9.67 Å². The van der Waals surface area contributed by atoms with Crippen LogP contribution in [0, 0.1) is 13.8 Å². The molecular formula is C22H24N4O2S. The van der Waals surface area contributed by atoms with Crippen molar-refractivity contribution < 1.29 is 9.15 Å². The first-order valence-electron chi connectivity index (χ1n) is 9.49. The number of oxazole rings is 1. The first kappa shape index (κ1) is 19.4. The number of rotatable bonds is 7. The molecule has 0 saturated heterocycles. The molecule has 1 aromatic carbocycles. The summed E-state index contributed by atoms with van der Waals surface area (Å²) < 4.78 is 13.0. The van der Waals surface area contributed by atoms with E-state index < -0.39 is 0 Å². The minimum Gasteiger partial charge on any atom is -0.497 e. The number of nitrogens with one attached hydrogen (secondary N) is 1. The molecule has 7 heteroatoms. The number of aromatic nitrogens is 3. The molecule has 3 aromatic heterocycles. The SMILES string of the molecule is COc1ccc(-n2ncc(C(C)NCc3nc(-c4cccs4)oc3C)c2C)cc1. The van der Waals surface area contributed by atoms with Crippen LogP contribution in [0.5, 0.6) is 5.75 Å². The lowest BCUT2D eigenvalue weighted by Crippen LogP contribution is -2.19. The lowest BCUT2D eigenvalue weighted by atomic mass is 10.1. The fourth-order valence-corrected chi connectivity index (χ4v) is 3.94. The molecule has 150 valence electrons. The number of aryl methyl sites for hydroxylation is 1. The van der Waals surface area contributed by atoms with E-state index in [4.69, 9.17) is 9.15 Å². The van der Waals surface area contributed by atoms with Crippen molar-refractivity contribution in [1.29, 1.82) is 0 Å². The van der Waals surface area contributed by atoms with Gasteiger partial charge in [-0.15, -0.1) is 11.3 Å². The molecule has 0 radical (unpaired) electrons. The zero-order chi connectivity index (χ0) is 20.4. The van der Waals surface area contributed by atoms with Gasteiger partial charge >= 0.3 is 0 Å². The summed E-state index contributed by atoms with van der Waals surface area (Å²) in [6.07, 6.45) is 1.92. The summed E-state index contributed by atoms with van der Waals surface area (Å²) in [5.74, 6) is 2.36. The van der Waals surface area contributed by atoms with E-state index in [1.165, 1.54) is 0 Å². The summed E-state index contributed by atoms with van der Waals surface area (Å²) in [5, 5.41) is 10.1. The highest BCUT2D eigenvalue weighted by molar-refractivity contribution is 7.13. The number of thiophene rings is 1. The number of methoxy groups -OCH3 is 1. The fraction of sp³-hybridized carbons (Fsp3) is 0.273. The van der Waals surface area contributed by atoms with Gasteiger partial charge in [0.05, 0.1) is 29.6 Å². The highest BCUT2D eigenvalue weighted by Crippen LogP contribution is 2.27. The molecule has 0 fully saturated rings. The Morgan fingerprint density at radius 3 is 2.69 bits per heavy atom. The van der Waals surface area contributed by atoms with Crippen LogP contribution in [0.15, 0.2) is 52.4 Å². The number of hydrogen-bond acceptors (Lipinski definition) is 6. The van der Waals surface area contributed by atoms with Crippen molar-refractivity contribution in [3.8, 4) is 22.2 Å². The minimum atomic E-state index is 0.128. The van der Waals surface area contributed by atoms with Gasteiger partial charge in [0.2, 0.25) is 5.89 Å². The zero-order valence-electron chi connectivity index (χ0n) is 17.0. The zero-order valence-corrected chi connectivity index (χ0v) is 17.8. The molecule has 0 aliphatic heterocycles. The largest absolute Gasteiger partial charge is 0.497 e. The molecular weight excluding hydrogens is 384 g/mol. The molecule has 6 nitrogen and oxygen atoms in total. The van der Waals surface area contributed by atoms with Crippen LogP contribution in [0.4, 0.5) is 0 Å². The Morgan fingerprint density at radius 1 is 1.21 bits per heavy atom. The standard InChI is InChI=1S/C22H24N4O2S/c1-14(23-13-20-16(3)28-22(25-20)21-6-5-11-29-21)19-12-24-26(15(19)2)17-7-9-18(27-4)10-8-17/h5-12,14,23H,13H2,1-4H3. The summed E-state index contributed by atoms with van der Waals surface area (Å²) >= 11 is 1.63. The van der Waals surface area contributed by atoms with E-state index in [0.717, 1.165) is 39.0 Å². The van der Waals surface area contributed by atoms with Crippen LogP contribution < -0.4 is 10.1 Å². The van der Waals surface area contributed by atoms with Crippen LogP contribution in [0.25, 0.3) is 16.5 Å². The van der Waals surface area contributed by atoms with Crippen molar-refractivity contribution in [3.63, 3.8) is 0 Å². The van der Waals surface area contributed by atoms with Crippen molar-refractivity contribution in [2.24, 2.45) is 0 Å². The molecule has 1 atom stereocenters. The Morgan fingerprint density at radius 2 is 2.00 bits per heavy atom. The molecule has 0 saturated carbocycles. The number of ether oxygens (including phenoxy) is 1. The monoisotopic (exact) mass is 408 g/mol. The topological polar surface area (TPSA) is 65.1 Å². The average molecular weight is 409 g/mol. The van der Waals surface area contributed by atoms with E-state index in [2.05, 4.69) is 29.2 Å². The van der Waals surface area contributed by atoms with E-state index in [1.54, 1.807) is 18.4 Å². The third kappa shape index (κ3) is 3.97. The summed E-state index contributed by atoms with van der Waals surface area (Å²) in [4.78, 5) is 5.70. The predicted molar refractivity (Wildman–Crippen MR) is 115 cm³/mol. The van der Waals surface area contributed by atoms with Gasteiger partial charge in [0.1, 0.15) is 11.5 Å². The number of nitrogens with zero attached hydrogens (tertiary/aromatic N) is 3. The van der Waals surface area contributed by atoms with Gasteiger partial charge in [-0.05, 0) is 56.5 Å². The van der Waals surface area contributed by atoms with Gasteiger partial charge in [0, 0.05) is 23.8 Å². The van der Waals surface area contributed by atoms with Crippen molar-refractivity contribution in [3.05, 3.63) is 70.7 Å². The van der Waals surface area contributed by atoms with Crippen LogP contribution in [0.1, 0.15) is 35.7 Å². The molecule has 4 aromatic rings. The molecule has 0 bridgehead atoms. The normalized spacial score (nSPS) is 12.3. The average Bonchev–Trinajstić information content (AvgIpc) is 3.46. The summed E-state index contributed by atoms with van der Waals surface area (Å²) in [7, 11) is 1.67. The van der Waals surface area contributed by atoms with Crippen LogP contribution >= 0.6 is 11.3 Å². The van der Waals surface area contributed by atoms with Gasteiger partial charge in [0.25, 0.3) is 0 Å². The molecule has 3 heterocycles. The molecule has 29 heavy (non-hydrogen) atoms. The van der Waals surface area contributed by atoms with E-state index in [9.17, 15) is 0 Å². The maximum atomic E-state index is 5.83. The van der Waals surface area contributed by atoms with Crippen LogP contribution in [0.3, 0.4) is 0 Å². The molecule has 1 N–H and O–H groups in total. The molecule has 4 rings (SSSR count). The van der Waals surface area contributed by atoms with Crippen molar-refractivity contribution in [2.75, 3.05) is 7.11 Å². The Balaban J connectivity index is 1.46. The lowest BCUT2D eigenvalue weighted by molar-refractivity contribution is 0.414. The predicted octanol–water partition coefficient (Wildman–Crippen LogP) is 5.07. The van der Waals surface area contributed by atoms with Gasteiger partial charge in [-0.3, -0.25) is 0 Å². The highest BCUT2D eigenvalue weighted by atomic mass is 32.1. The lowest BCUT2D eigenvalue weighted by Gasteiger charge is -2.13. The maximum Gasteiger partial charge on any atom is 0.236 e. The molecule has 0 spiro atoms. The van der Waals surface area contributed by atoms with Crippen molar-refractivity contribution >= 4 is 11.3 Å². The van der Waals surface area contributed by atoms with E-state index in [-0.39, 0.29) is 6.04 Å². The second kappa shape index (κ2) is 8.23. The van der Waals surface area contributed by atoms with Crippen LogP contribution in [0.2, 0.25) is 0 Å². The first-order valence-corrected chi connectivity index (χ1v) is 10.4. The summed E-state index contributed by atoms with van der Waals surface area (Å²) in [6.45, 7) is 6.81. The van der Waals surface area contributed by atoms with E-state index in [0.29, 0.717) is 12.4 Å². The summed E-state index contributed by atoms with van der Waals surface area (Å²) in [6, 6.07) is 12.0. The van der Waals surface area contributed by atoms with Gasteiger partial charge in [-0.2, -0.15) is 5.10 Å². The smallest absolute Gasteiger partial charge is 0.236 e. The summed E-state index contributed by atoms with van der Waals surface area (Å²) in [5.41, 5.74) is 4.20. The minimum absolute atomic E-state index is 0.128. The van der Waals surface area contributed by atoms with E-state index in [1.807, 2.05) is 59.6 Å². The third-order valence-electron chi connectivity index (χ3n) is 5.03. The molecule has 0 aliphatic rings. The molecule has 1 unspecified atom stereocenters. The van der Waals surface area contributed by atoms with E-state index >= 15 is 0 Å². The number of hydrogen-bond donors (Lipinski definition) is 1. The Hall–Kier alpha value is -2.90.